The van der Waals surface area contributed by atoms with Crippen LogP contribution in [0.3, 0.4) is 0 Å². The number of rotatable bonds is 3. The molecular formula is C14H19N5. The predicted molar refractivity (Wildman–Crippen MR) is 78.8 cm³/mol. The molecule has 2 heterocycles. The highest BCUT2D eigenvalue weighted by atomic mass is 15.3. The van der Waals surface area contributed by atoms with E-state index in [0.29, 0.717) is 11.5 Å². The SMILES string of the molecule is Cn1cc(N)c(Nc2ccc(N3CCCC3)cc2)n1. The molecule has 19 heavy (non-hydrogen) atoms. The van der Waals surface area contributed by atoms with Gasteiger partial charge in [0.1, 0.15) is 0 Å². The molecule has 0 amide bonds. The number of benzene rings is 1. The molecular weight excluding hydrogens is 238 g/mol. The van der Waals surface area contributed by atoms with E-state index in [1.165, 1.54) is 31.6 Å². The predicted octanol–water partition coefficient (Wildman–Crippen LogP) is 2.35. The number of nitrogens with two attached hydrogens (primary N) is 1. The van der Waals surface area contributed by atoms with Gasteiger partial charge in [-0.05, 0) is 37.1 Å². The quantitative estimate of drug-likeness (QED) is 0.886. The lowest BCUT2D eigenvalue weighted by Gasteiger charge is -2.17. The van der Waals surface area contributed by atoms with Crippen molar-refractivity contribution >= 4 is 22.9 Å². The molecule has 0 aliphatic carbocycles. The third-order valence-corrected chi connectivity index (χ3v) is 3.46. The topological polar surface area (TPSA) is 59.1 Å². The van der Waals surface area contributed by atoms with Crippen molar-refractivity contribution in [3.63, 3.8) is 0 Å². The first-order chi connectivity index (χ1) is 9.22. The third kappa shape index (κ3) is 2.50. The minimum absolute atomic E-state index is 0.658. The summed E-state index contributed by atoms with van der Waals surface area (Å²) in [6.07, 6.45) is 4.38. The van der Waals surface area contributed by atoms with E-state index in [1.807, 2.05) is 7.05 Å². The second-order valence-electron chi connectivity index (χ2n) is 4.97. The average molecular weight is 257 g/mol. The van der Waals surface area contributed by atoms with E-state index in [1.54, 1.807) is 10.9 Å². The van der Waals surface area contributed by atoms with Crippen LogP contribution in [0.2, 0.25) is 0 Å². The zero-order valence-electron chi connectivity index (χ0n) is 11.1. The molecule has 0 saturated carbocycles. The van der Waals surface area contributed by atoms with E-state index in [9.17, 15) is 0 Å². The van der Waals surface area contributed by atoms with Gasteiger partial charge in [0.05, 0.1) is 5.69 Å². The van der Waals surface area contributed by atoms with Crippen LogP contribution in [0.25, 0.3) is 0 Å². The first-order valence-corrected chi connectivity index (χ1v) is 6.63. The summed E-state index contributed by atoms with van der Waals surface area (Å²) in [5.41, 5.74) is 8.82. The molecule has 3 rings (SSSR count). The first-order valence-electron chi connectivity index (χ1n) is 6.63. The van der Waals surface area contributed by atoms with Crippen molar-refractivity contribution in [2.45, 2.75) is 12.8 Å². The van der Waals surface area contributed by atoms with Crippen molar-refractivity contribution in [1.29, 1.82) is 0 Å². The van der Waals surface area contributed by atoms with Crippen LogP contribution in [0, 0.1) is 0 Å². The van der Waals surface area contributed by atoms with Gasteiger partial charge in [-0.15, -0.1) is 0 Å². The summed E-state index contributed by atoms with van der Waals surface area (Å²) in [5.74, 6) is 0.705. The maximum Gasteiger partial charge on any atom is 0.175 e. The molecule has 100 valence electrons. The lowest BCUT2D eigenvalue weighted by atomic mass is 10.2. The van der Waals surface area contributed by atoms with Crippen molar-refractivity contribution in [1.82, 2.24) is 9.78 Å². The lowest BCUT2D eigenvalue weighted by Crippen LogP contribution is -2.17. The van der Waals surface area contributed by atoms with E-state index in [-0.39, 0.29) is 0 Å². The van der Waals surface area contributed by atoms with Crippen LogP contribution in [0.15, 0.2) is 30.5 Å². The zero-order valence-corrected chi connectivity index (χ0v) is 11.1. The average Bonchev–Trinajstić information content (AvgIpc) is 3.01. The Balaban J connectivity index is 1.73. The molecule has 1 saturated heterocycles. The van der Waals surface area contributed by atoms with Gasteiger partial charge >= 0.3 is 0 Å². The Morgan fingerprint density at radius 3 is 2.42 bits per heavy atom. The summed E-state index contributed by atoms with van der Waals surface area (Å²) in [7, 11) is 1.86. The molecule has 0 bridgehead atoms. The molecule has 1 aliphatic heterocycles. The molecule has 0 unspecified atom stereocenters. The van der Waals surface area contributed by atoms with Gasteiger partial charge in [0, 0.05) is 37.7 Å². The van der Waals surface area contributed by atoms with Crippen LogP contribution in [0.4, 0.5) is 22.9 Å². The fourth-order valence-electron chi connectivity index (χ4n) is 2.47. The molecule has 1 aromatic carbocycles. The Bertz CT molecular complexity index is 552. The Kier molecular flexibility index (Phi) is 3.03. The Labute approximate surface area is 113 Å². The molecule has 0 radical (unpaired) electrons. The minimum atomic E-state index is 0.658. The van der Waals surface area contributed by atoms with Crippen LogP contribution < -0.4 is 16.0 Å². The molecule has 5 heteroatoms. The third-order valence-electron chi connectivity index (χ3n) is 3.46. The van der Waals surface area contributed by atoms with Crippen molar-refractivity contribution in [2.75, 3.05) is 29.0 Å². The van der Waals surface area contributed by atoms with Gasteiger partial charge in [0.15, 0.2) is 5.82 Å². The first kappa shape index (κ1) is 11.9. The molecule has 1 fully saturated rings. The van der Waals surface area contributed by atoms with E-state index < -0.39 is 0 Å². The van der Waals surface area contributed by atoms with Gasteiger partial charge in [0.25, 0.3) is 0 Å². The van der Waals surface area contributed by atoms with Crippen molar-refractivity contribution < 1.29 is 0 Å². The summed E-state index contributed by atoms with van der Waals surface area (Å²) in [4.78, 5) is 2.42. The maximum absolute atomic E-state index is 5.86. The number of nitrogen functional groups attached to an aromatic ring is 1. The summed E-state index contributed by atoms with van der Waals surface area (Å²) in [5, 5.41) is 7.51. The van der Waals surface area contributed by atoms with Crippen molar-refractivity contribution in [3.8, 4) is 0 Å². The number of hydrogen-bond acceptors (Lipinski definition) is 4. The number of aryl methyl sites for hydroxylation is 1. The largest absolute Gasteiger partial charge is 0.394 e. The Morgan fingerprint density at radius 1 is 1.16 bits per heavy atom. The normalized spacial score (nSPS) is 14.9. The van der Waals surface area contributed by atoms with E-state index in [2.05, 4.69) is 39.6 Å². The Morgan fingerprint density at radius 2 is 1.84 bits per heavy atom. The van der Waals surface area contributed by atoms with Gasteiger partial charge in [0.2, 0.25) is 0 Å². The zero-order chi connectivity index (χ0) is 13.2. The summed E-state index contributed by atoms with van der Waals surface area (Å²) in [6, 6.07) is 8.43. The standard InChI is InChI=1S/C14H19N5/c1-18-10-13(15)14(17-18)16-11-4-6-12(7-5-11)19-8-2-3-9-19/h4-7,10H,2-3,8-9,15H2,1H3,(H,16,17). The minimum Gasteiger partial charge on any atom is -0.394 e. The van der Waals surface area contributed by atoms with E-state index in [0.717, 1.165) is 5.69 Å². The summed E-state index contributed by atoms with van der Waals surface area (Å²) < 4.78 is 1.70. The number of aromatic nitrogens is 2. The van der Waals surface area contributed by atoms with Crippen LogP contribution in [-0.4, -0.2) is 22.9 Å². The Hall–Kier alpha value is -2.17. The highest BCUT2D eigenvalue weighted by Crippen LogP contribution is 2.25. The van der Waals surface area contributed by atoms with E-state index >= 15 is 0 Å². The molecule has 0 spiro atoms. The summed E-state index contributed by atoms with van der Waals surface area (Å²) >= 11 is 0. The molecule has 3 N–H and O–H groups in total. The van der Waals surface area contributed by atoms with Crippen LogP contribution in [0.1, 0.15) is 12.8 Å². The van der Waals surface area contributed by atoms with Crippen molar-refractivity contribution in [2.24, 2.45) is 7.05 Å². The summed E-state index contributed by atoms with van der Waals surface area (Å²) in [6.45, 7) is 2.33. The monoisotopic (exact) mass is 257 g/mol. The van der Waals surface area contributed by atoms with Crippen LogP contribution in [0.5, 0.6) is 0 Å². The molecule has 2 aromatic rings. The molecule has 5 nitrogen and oxygen atoms in total. The van der Waals surface area contributed by atoms with E-state index in [4.69, 9.17) is 5.73 Å². The molecule has 0 atom stereocenters. The fraction of sp³-hybridized carbons (Fsp3) is 0.357. The van der Waals surface area contributed by atoms with Crippen molar-refractivity contribution in [3.05, 3.63) is 30.5 Å². The van der Waals surface area contributed by atoms with Crippen LogP contribution in [-0.2, 0) is 7.05 Å². The highest BCUT2D eigenvalue weighted by molar-refractivity contribution is 5.69. The molecule has 1 aromatic heterocycles. The second-order valence-corrected chi connectivity index (χ2v) is 4.97. The van der Waals surface area contributed by atoms with Gasteiger partial charge in [-0.1, -0.05) is 0 Å². The second kappa shape index (κ2) is 4.84. The fourth-order valence-corrected chi connectivity index (χ4v) is 2.47. The maximum atomic E-state index is 5.86. The molecule has 1 aliphatic rings. The number of anilines is 4. The van der Waals surface area contributed by atoms with Gasteiger partial charge in [-0.25, -0.2) is 0 Å². The van der Waals surface area contributed by atoms with Gasteiger partial charge in [-0.3, -0.25) is 4.68 Å². The number of nitrogens with one attached hydrogen (secondary N) is 1. The van der Waals surface area contributed by atoms with Gasteiger partial charge in [-0.2, -0.15) is 5.10 Å². The smallest absolute Gasteiger partial charge is 0.175 e. The van der Waals surface area contributed by atoms with Crippen LogP contribution >= 0.6 is 0 Å². The van der Waals surface area contributed by atoms with Gasteiger partial charge < -0.3 is 16.0 Å². The number of hydrogen-bond donors (Lipinski definition) is 2. The highest BCUT2D eigenvalue weighted by Gasteiger charge is 2.12. The lowest BCUT2D eigenvalue weighted by molar-refractivity contribution is 0.771. The number of nitrogens with zero attached hydrogens (tertiary/aromatic N) is 3.